The molecule has 0 bridgehead atoms. The third kappa shape index (κ3) is 6.34. The summed E-state index contributed by atoms with van der Waals surface area (Å²) in [7, 11) is 0. The first-order valence-electron chi connectivity index (χ1n) is 8.83. The van der Waals surface area contributed by atoms with Crippen molar-refractivity contribution in [2.24, 2.45) is 0 Å². The summed E-state index contributed by atoms with van der Waals surface area (Å²) in [6.07, 6.45) is 2.60. The Labute approximate surface area is 161 Å². The van der Waals surface area contributed by atoms with Gasteiger partial charge in [-0.2, -0.15) is 0 Å². The zero-order chi connectivity index (χ0) is 20.7. The summed E-state index contributed by atoms with van der Waals surface area (Å²) >= 11 is 0. The molecule has 1 aromatic carbocycles. The van der Waals surface area contributed by atoms with E-state index in [1.807, 2.05) is 6.92 Å². The molecule has 0 aliphatic heterocycles. The van der Waals surface area contributed by atoms with Gasteiger partial charge in [-0.25, -0.2) is 13.8 Å². The molecule has 2 atom stereocenters. The van der Waals surface area contributed by atoms with Gasteiger partial charge in [0.05, 0.1) is 30.6 Å². The van der Waals surface area contributed by atoms with Crippen LogP contribution in [0.25, 0.3) is 0 Å². The molecule has 0 spiro atoms. The SMILES string of the molecule is CCCC(NC(=O)Cc1cc(F)cc(F)c1)C(=O)Nc1cnc(C(C)O)cn1. The summed E-state index contributed by atoms with van der Waals surface area (Å²) in [6.45, 7) is 3.39. The summed E-state index contributed by atoms with van der Waals surface area (Å²) in [6, 6.07) is 2.01. The van der Waals surface area contributed by atoms with Gasteiger partial charge in [0.25, 0.3) is 0 Å². The molecule has 0 aliphatic carbocycles. The normalized spacial score (nSPS) is 12.9. The highest BCUT2D eigenvalue weighted by molar-refractivity contribution is 5.96. The second kappa shape index (κ2) is 9.84. The molecule has 150 valence electrons. The number of carbonyl (C=O) groups excluding carboxylic acids is 2. The van der Waals surface area contributed by atoms with Crippen molar-refractivity contribution in [3.05, 3.63) is 53.5 Å². The lowest BCUT2D eigenvalue weighted by molar-refractivity contribution is -0.126. The lowest BCUT2D eigenvalue weighted by Crippen LogP contribution is -2.44. The molecule has 2 amide bonds. The van der Waals surface area contributed by atoms with Gasteiger partial charge in [-0.3, -0.25) is 14.6 Å². The molecule has 2 rings (SSSR count). The van der Waals surface area contributed by atoms with Crippen LogP contribution in [-0.4, -0.2) is 32.9 Å². The van der Waals surface area contributed by atoms with Gasteiger partial charge >= 0.3 is 0 Å². The van der Waals surface area contributed by atoms with Crippen LogP contribution in [0, 0.1) is 11.6 Å². The second-order valence-electron chi connectivity index (χ2n) is 6.35. The van der Waals surface area contributed by atoms with Crippen molar-refractivity contribution in [3.8, 4) is 0 Å². The van der Waals surface area contributed by atoms with Gasteiger partial charge in [0.2, 0.25) is 11.8 Å². The van der Waals surface area contributed by atoms with E-state index in [4.69, 9.17) is 0 Å². The van der Waals surface area contributed by atoms with E-state index in [0.717, 1.165) is 18.2 Å². The number of amides is 2. The molecule has 1 heterocycles. The summed E-state index contributed by atoms with van der Waals surface area (Å²) in [5.74, 6) is -2.39. The van der Waals surface area contributed by atoms with Crippen molar-refractivity contribution in [2.75, 3.05) is 5.32 Å². The summed E-state index contributed by atoms with van der Waals surface area (Å²) < 4.78 is 26.5. The van der Waals surface area contributed by atoms with Crippen LogP contribution in [0.3, 0.4) is 0 Å². The van der Waals surface area contributed by atoms with E-state index in [9.17, 15) is 23.5 Å². The first-order chi connectivity index (χ1) is 13.3. The fraction of sp³-hybridized carbons (Fsp3) is 0.368. The first-order valence-corrected chi connectivity index (χ1v) is 8.83. The van der Waals surface area contributed by atoms with Crippen LogP contribution in [0.5, 0.6) is 0 Å². The van der Waals surface area contributed by atoms with E-state index in [1.165, 1.54) is 12.4 Å². The third-order valence-corrected chi connectivity index (χ3v) is 3.87. The molecule has 7 nitrogen and oxygen atoms in total. The highest BCUT2D eigenvalue weighted by atomic mass is 19.1. The highest BCUT2D eigenvalue weighted by Crippen LogP contribution is 2.11. The van der Waals surface area contributed by atoms with Crippen molar-refractivity contribution in [1.82, 2.24) is 15.3 Å². The van der Waals surface area contributed by atoms with Crippen molar-refractivity contribution in [1.29, 1.82) is 0 Å². The van der Waals surface area contributed by atoms with Gasteiger partial charge in [-0.1, -0.05) is 13.3 Å². The maximum atomic E-state index is 13.2. The Morgan fingerprint density at radius 1 is 1.14 bits per heavy atom. The first kappa shape index (κ1) is 21.4. The monoisotopic (exact) mass is 392 g/mol. The molecule has 28 heavy (non-hydrogen) atoms. The smallest absolute Gasteiger partial charge is 0.248 e. The van der Waals surface area contributed by atoms with Gasteiger partial charge in [-0.05, 0) is 31.0 Å². The molecule has 3 N–H and O–H groups in total. The quantitative estimate of drug-likeness (QED) is 0.639. The minimum atomic E-state index is -0.839. The fourth-order valence-corrected chi connectivity index (χ4v) is 2.53. The average molecular weight is 392 g/mol. The van der Waals surface area contributed by atoms with Crippen molar-refractivity contribution in [3.63, 3.8) is 0 Å². The molecule has 0 fully saturated rings. The van der Waals surface area contributed by atoms with E-state index in [1.54, 1.807) is 6.92 Å². The number of rotatable bonds is 8. The van der Waals surface area contributed by atoms with Crippen LogP contribution in [-0.2, 0) is 16.0 Å². The van der Waals surface area contributed by atoms with Crippen LogP contribution in [0.2, 0.25) is 0 Å². The Bertz CT molecular complexity index is 808. The average Bonchev–Trinajstić information content (AvgIpc) is 2.60. The van der Waals surface area contributed by atoms with Crippen LogP contribution in [0.4, 0.5) is 14.6 Å². The Balaban J connectivity index is 2.00. The molecule has 0 saturated carbocycles. The highest BCUT2D eigenvalue weighted by Gasteiger charge is 2.21. The number of aliphatic hydroxyl groups excluding tert-OH is 1. The van der Waals surface area contributed by atoms with Crippen molar-refractivity contribution < 1.29 is 23.5 Å². The number of nitrogens with zero attached hydrogens (tertiary/aromatic N) is 2. The summed E-state index contributed by atoms with van der Waals surface area (Å²) in [5.41, 5.74) is 0.531. The topological polar surface area (TPSA) is 104 Å². The Kier molecular flexibility index (Phi) is 7.51. The molecule has 0 radical (unpaired) electrons. The van der Waals surface area contributed by atoms with E-state index >= 15 is 0 Å². The number of aliphatic hydroxyl groups is 1. The Hall–Kier alpha value is -2.94. The number of halogens is 2. The van der Waals surface area contributed by atoms with Crippen molar-refractivity contribution in [2.45, 2.75) is 45.3 Å². The number of benzene rings is 1. The zero-order valence-electron chi connectivity index (χ0n) is 15.6. The predicted molar refractivity (Wildman–Crippen MR) is 98.2 cm³/mol. The van der Waals surface area contributed by atoms with Gasteiger partial charge in [-0.15, -0.1) is 0 Å². The summed E-state index contributed by atoms with van der Waals surface area (Å²) in [4.78, 5) is 32.6. The number of hydrogen-bond acceptors (Lipinski definition) is 5. The van der Waals surface area contributed by atoms with E-state index in [0.29, 0.717) is 18.5 Å². The second-order valence-corrected chi connectivity index (χ2v) is 6.35. The third-order valence-electron chi connectivity index (χ3n) is 3.87. The van der Waals surface area contributed by atoms with Crippen LogP contribution < -0.4 is 10.6 Å². The van der Waals surface area contributed by atoms with Crippen molar-refractivity contribution >= 4 is 17.6 Å². The van der Waals surface area contributed by atoms with Crippen LogP contribution in [0.15, 0.2) is 30.6 Å². The number of nitrogens with one attached hydrogen (secondary N) is 2. The molecule has 0 saturated heterocycles. The lowest BCUT2D eigenvalue weighted by Gasteiger charge is -2.17. The molecule has 2 aromatic rings. The minimum Gasteiger partial charge on any atom is -0.387 e. The standard InChI is InChI=1S/C19H22F2N4O3/c1-3-4-15(19(28)25-17-10-22-16(9-23-17)11(2)26)24-18(27)7-12-5-13(20)8-14(21)6-12/h5-6,8-11,15,26H,3-4,7H2,1-2H3,(H,24,27)(H,23,25,28). The molecule has 2 unspecified atom stereocenters. The van der Waals surface area contributed by atoms with Gasteiger partial charge < -0.3 is 15.7 Å². The van der Waals surface area contributed by atoms with E-state index in [-0.39, 0.29) is 17.8 Å². The number of aromatic nitrogens is 2. The molecular formula is C19H22F2N4O3. The van der Waals surface area contributed by atoms with E-state index < -0.39 is 35.6 Å². The number of carbonyl (C=O) groups is 2. The maximum absolute atomic E-state index is 13.2. The van der Waals surface area contributed by atoms with Gasteiger partial charge in [0, 0.05) is 6.07 Å². The Morgan fingerprint density at radius 2 is 1.82 bits per heavy atom. The van der Waals surface area contributed by atoms with Crippen LogP contribution >= 0.6 is 0 Å². The summed E-state index contributed by atoms with van der Waals surface area (Å²) in [5, 5.41) is 14.5. The number of anilines is 1. The molecule has 1 aromatic heterocycles. The maximum Gasteiger partial charge on any atom is 0.248 e. The lowest BCUT2D eigenvalue weighted by atomic mass is 10.1. The van der Waals surface area contributed by atoms with Gasteiger partial charge in [0.15, 0.2) is 5.82 Å². The van der Waals surface area contributed by atoms with E-state index in [2.05, 4.69) is 20.6 Å². The predicted octanol–water partition coefficient (Wildman–Crippen LogP) is 2.27. The van der Waals surface area contributed by atoms with Gasteiger partial charge in [0.1, 0.15) is 17.7 Å². The molecule has 9 heteroatoms. The minimum absolute atomic E-state index is 0.172. The Morgan fingerprint density at radius 3 is 2.36 bits per heavy atom. The zero-order valence-corrected chi connectivity index (χ0v) is 15.6. The van der Waals surface area contributed by atoms with Crippen LogP contribution in [0.1, 0.15) is 44.1 Å². The number of hydrogen-bond donors (Lipinski definition) is 3. The molecule has 0 aliphatic rings. The molecular weight excluding hydrogens is 370 g/mol. The fourth-order valence-electron chi connectivity index (χ4n) is 2.53. The largest absolute Gasteiger partial charge is 0.387 e.